The van der Waals surface area contributed by atoms with Crippen molar-refractivity contribution in [1.29, 1.82) is 0 Å². The van der Waals surface area contributed by atoms with Crippen molar-refractivity contribution < 1.29 is 31.1 Å². The zero-order chi connectivity index (χ0) is 24.2. The molecule has 7 nitrogen and oxygen atoms in total. The van der Waals surface area contributed by atoms with Gasteiger partial charge in [-0.1, -0.05) is 12.1 Å². The van der Waals surface area contributed by atoms with Crippen LogP contribution in [0.1, 0.15) is 12.5 Å². The molecule has 2 aromatic carbocycles. The summed E-state index contributed by atoms with van der Waals surface area (Å²) in [7, 11) is -3.74. The fourth-order valence-corrected chi connectivity index (χ4v) is 4.45. The lowest BCUT2D eigenvalue weighted by Gasteiger charge is -2.37. The number of benzene rings is 2. The lowest BCUT2D eigenvalue weighted by molar-refractivity contribution is -0.137. The van der Waals surface area contributed by atoms with Crippen LogP contribution >= 0.6 is 0 Å². The Kier molecular flexibility index (Phi) is 7.41. The third kappa shape index (κ3) is 6.31. The number of anilines is 2. The van der Waals surface area contributed by atoms with Gasteiger partial charge in [0.1, 0.15) is 12.3 Å². The van der Waals surface area contributed by atoms with E-state index >= 15 is 0 Å². The van der Waals surface area contributed by atoms with Gasteiger partial charge in [0.15, 0.2) is 0 Å². The predicted octanol–water partition coefficient (Wildman–Crippen LogP) is 3.22. The largest absolute Gasteiger partial charge is 0.494 e. The van der Waals surface area contributed by atoms with Crippen LogP contribution in [0, 0.1) is 0 Å². The van der Waals surface area contributed by atoms with Crippen LogP contribution in [-0.2, 0) is 21.0 Å². The van der Waals surface area contributed by atoms with Gasteiger partial charge in [0.05, 0.1) is 24.1 Å². The molecule has 0 spiro atoms. The second-order valence-corrected chi connectivity index (χ2v) is 9.52. The minimum absolute atomic E-state index is 0.270. The van der Waals surface area contributed by atoms with Crippen LogP contribution in [-0.4, -0.2) is 64.8 Å². The van der Waals surface area contributed by atoms with Crippen LogP contribution < -0.4 is 13.9 Å². The van der Waals surface area contributed by atoms with Gasteiger partial charge in [0, 0.05) is 37.9 Å². The molecular formula is C22H26F3N3O4S. The summed E-state index contributed by atoms with van der Waals surface area (Å²) in [5.41, 5.74) is 0.0263. The number of ether oxygens (including phenoxy) is 1. The molecule has 1 heterocycles. The van der Waals surface area contributed by atoms with E-state index in [1.165, 1.54) is 11.0 Å². The number of alkyl halides is 3. The molecule has 1 fully saturated rings. The highest BCUT2D eigenvalue weighted by Gasteiger charge is 2.31. The number of hydrogen-bond donors (Lipinski definition) is 0. The SMILES string of the molecule is CCOc1cccc(N(CC(=O)N2CCN(c3cccc(C(F)(F)F)c3)CC2)S(C)(=O)=O)c1. The van der Waals surface area contributed by atoms with E-state index < -0.39 is 21.8 Å². The van der Waals surface area contributed by atoms with E-state index in [0.29, 0.717) is 36.8 Å². The normalized spacial score (nSPS) is 14.8. The van der Waals surface area contributed by atoms with Gasteiger partial charge in [-0.15, -0.1) is 0 Å². The van der Waals surface area contributed by atoms with Gasteiger partial charge in [-0.25, -0.2) is 8.42 Å². The molecule has 3 rings (SSSR count). The summed E-state index contributed by atoms with van der Waals surface area (Å²) in [6.07, 6.45) is -3.40. The van der Waals surface area contributed by atoms with Gasteiger partial charge in [0.2, 0.25) is 15.9 Å². The molecule has 0 unspecified atom stereocenters. The molecule has 0 radical (unpaired) electrons. The highest BCUT2D eigenvalue weighted by molar-refractivity contribution is 7.92. The molecule has 1 aliphatic heterocycles. The molecule has 0 aliphatic carbocycles. The van der Waals surface area contributed by atoms with E-state index in [1.807, 2.05) is 6.92 Å². The number of nitrogens with zero attached hydrogens (tertiary/aromatic N) is 3. The van der Waals surface area contributed by atoms with Crippen molar-refractivity contribution in [3.05, 3.63) is 54.1 Å². The maximum absolute atomic E-state index is 13.0. The summed E-state index contributed by atoms with van der Waals surface area (Å²) in [5, 5.41) is 0. The first kappa shape index (κ1) is 24.7. The summed E-state index contributed by atoms with van der Waals surface area (Å²) >= 11 is 0. The van der Waals surface area contributed by atoms with Crippen molar-refractivity contribution in [1.82, 2.24) is 4.90 Å². The molecule has 180 valence electrons. The highest BCUT2D eigenvalue weighted by atomic mass is 32.2. The number of rotatable bonds is 7. The molecule has 0 saturated carbocycles. The second-order valence-electron chi connectivity index (χ2n) is 7.62. The molecule has 1 aliphatic rings. The van der Waals surface area contributed by atoms with E-state index in [9.17, 15) is 26.4 Å². The zero-order valence-corrected chi connectivity index (χ0v) is 19.2. The summed E-state index contributed by atoms with van der Waals surface area (Å²) in [6, 6.07) is 11.6. The lowest BCUT2D eigenvalue weighted by atomic mass is 10.1. The van der Waals surface area contributed by atoms with Crippen molar-refractivity contribution in [3.8, 4) is 5.75 Å². The standard InChI is InChI=1S/C22H26F3N3O4S/c1-3-32-20-9-5-8-19(15-20)28(33(2,30)31)16-21(29)27-12-10-26(11-13-27)18-7-4-6-17(14-18)22(23,24)25/h4-9,14-15H,3,10-13,16H2,1-2H3. The van der Waals surface area contributed by atoms with Crippen molar-refractivity contribution >= 4 is 27.3 Å². The molecule has 1 amide bonds. The molecule has 1 saturated heterocycles. The molecule has 2 aromatic rings. The topological polar surface area (TPSA) is 70.2 Å². The van der Waals surface area contributed by atoms with Crippen LogP contribution in [0.3, 0.4) is 0 Å². The van der Waals surface area contributed by atoms with E-state index in [2.05, 4.69) is 0 Å². The number of carbonyl (C=O) groups excluding carboxylic acids is 1. The molecule has 0 N–H and O–H groups in total. The Morgan fingerprint density at radius 2 is 1.73 bits per heavy atom. The van der Waals surface area contributed by atoms with Crippen LogP contribution in [0.5, 0.6) is 5.75 Å². The monoisotopic (exact) mass is 485 g/mol. The van der Waals surface area contributed by atoms with Crippen molar-refractivity contribution in [2.24, 2.45) is 0 Å². The molecule has 11 heteroatoms. The summed E-state index contributed by atoms with van der Waals surface area (Å²) in [4.78, 5) is 16.2. The van der Waals surface area contributed by atoms with Crippen molar-refractivity contribution in [3.63, 3.8) is 0 Å². The number of carbonyl (C=O) groups is 1. The first-order chi connectivity index (χ1) is 15.5. The maximum atomic E-state index is 13.0. The highest BCUT2D eigenvalue weighted by Crippen LogP contribution is 2.32. The van der Waals surface area contributed by atoms with Gasteiger partial charge in [-0.3, -0.25) is 9.10 Å². The Bertz CT molecular complexity index is 1080. The van der Waals surface area contributed by atoms with Gasteiger partial charge in [0.25, 0.3) is 0 Å². The van der Waals surface area contributed by atoms with Crippen LogP contribution in [0.4, 0.5) is 24.5 Å². The number of halogens is 3. The maximum Gasteiger partial charge on any atom is 0.416 e. The van der Waals surface area contributed by atoms with E-state index in [0.717, 1.165) is 22.7 Å². The number of amides is 1. The van der Waals surface area contributed by atoms with Gasteiger partial charge < -0.3 is 14.5 Å². The fraction of sp³-hybridized carbons (Fsp3) is 0.409. The van der Waals surface area contributed by atoms with Gasteiger partial charge >= 0.3 is 6.18 Å². The van der Waals surface area contributed by atoms with Crippen molar-refractivity contribution in [2.75, 3.05) is 54.8 Å². The summed E-state index contributed by atoms with van der Waals surface area (Å²) < 4.78 is 70.2. The first-order valence-corrected chi connectivity index (χ1v) is 12.2. The minimum atomic E-state index is -4.43. The van der Waals surface area contributed by atoms with E-state index in [-0.39, 0.29) is 25.5 Å². The van der Waals surface area contributed by atoms with Crippen LogP contribution in [0.15, 0.2) is 48.5 Å². The molecule has 33 heavy (non-hydrogen) atoms. The molecule has 0 atom stereocenters. The average molecular weight is 486 g/mol. The van der Waals surface area contributed by atoms with E-state index in [4.69, 9.17) is 4.74 Å². The number of sulfonamides is 1. The van der Waals surface area contributed by atoms with Gasteiger partial charge in [-0.05, 0) is 37.3 Å². The third-order valence-electron chi connectivity index (χ3n) is 5.27. The second kappa shape index (κ2) is 9.90. The van der Waals surface area contributed by atoms with Gasteiger partial charge in [-0.2, -0.15) is 13.2 Å². The molecule has 0 bridgehead atoms. The Morgan fingerprint density at radius 1 is 1.06 bits per heavy atom. The quantitative estimate of drug-likeness (QED) is 0.603. The van der Waals surface area contributed by atoms with Crippen LogP contribution in [0.2, 0.25) is 0 Å². The van der Waals surface area contributed by atoms with Crippen molar-refractivity contribution in [2.45, 2.75) is 13.1 Å². The molecular weight excluding hydrogens is 459 g/mol. The summed E-state index contributed by atoms with van der Waals surface area (Å²) in [6.45, 7) is 3.06. The average Bonchev–Trinajstić information content (AvgIpc) is 2.76. The zero-order valence-electron chi connectivity index (χ0n) is 18.4. The fourth-order valence-electron chi connectivity index (χ4n) is 3.61. The first-order valence-electron chi connectivity index (χ1n) is 10.4. The van der Waals surface area contributed by atoms with E-state index in [1.54, 1.807) is 35.2 Å². The Morgan fingerprint density at radius 3 is 2.33 bits per heavy atom. The number of hydrogen-bond acceptors (Lipinski definition) is 5. The Labute approximate surface area is 191 Å². The smallest absolute Gasteiger partial charge is 0.416 e. The Balaban J connectivity index is 1.68. The van der Waals surface area contributed by atoms with Crippen LogP contribution in [0.25, 0.3) is 0 Å². The minimum Gasteiger partial charge on any atom is -0.494 e. The molecule has 0 aromatic heterocycles. The third-order valence-corrected chi connectivity index (χ3v) is 6.41. The Hall–Kier alpha value is -2.95. The summed E-state index contributed by atoms with van der Waals surface area (Å²) in [5.74, 6) is 0.108. The predicted molar refractivity (Wildman–Crippen MR) is 120 cm³/mol. The number of piperazine rings is 1. The lowest BCUT2D eigenvalue weighted by Crippen LogP contribution is -2.52.